The van der Waals surface area contributed by atoms with E-state index in [9.17, 15) is 5.11 Å². The number of H-pyrrole nitrogens is 1. The summed E-state index contributed by atoms with van der Waals surface area (Å²) in [6.07, 6.45) is 9.51. The first kappa shape index (κ1) is 15.1. The van der Waals surface area contributed by atoms with Crippen molar-refractivity contribution in [3.63, 3.8) is 0 Å². The fourth-order valence-electron chi connectivity index (χ4n) is 3.69. The number of aryl methyl sites for hydroxylation is 1. The Morgan fingerprint density at radius 3 is 3.08 bits per heavy atom. The van der Waals surface area contributed by atoms with Crippen molar-refractivity contribution in [1.82, 2.24) is 24.7 Å². The maximum atomic E-state index is 10.5. The third-order valence-corrected chi connectivity index (χ3v) is 4.89. The molecule has 3 aromatic heterocycles. The van der Waals surface area contributed by atoms with Crippen LogP contribution in [0.1, 0.15) is 25.3 Å². The van der Waals surface area contributed by atoms with Gasteiger partial charge in [0, 0.05) is 25.1 Å². The number of aromatic amines is 1. The molecule has 0 radical (unpaired) electrons. The molecule has 3 heterocycles. The van der Waals surface area contributed by atoms with Crippen LogP contribution in [0.3, 0.4) is 0 Å². The first-order chi connectivity index (χ1) is 11.7. The molecule has 126 valence electrons. The predicted molar refractivity (Wildman–Crippen MR) is 91.6 cm³/mol. The van der Waals surface area contributed by atoms with Crippen LogP contribution in [-0.4, -0.2) is 42.0 Å². The standard InChI is InChI=1S/C17H22N6O/c1-2-12-8-18-16-15(12)17(20-10-19-16)22-13-6-11(7-14(13)24)9-23-5-3-4-21-23/h3-5,8,10-11,13-14,24H,2,6-7,9H2,1H3,(H2,18,19,20,22)/t11?,13-,14-/m1/s1. The summed E-state index contributed by atoms with van der Waals surface area (Å²) in [5.41, 5.74) is 2.03. The van der Waals surface area contributed by atoms with Gasteiger partial charge in [-0.25, -0.2) is 9.97 Å². The molecule has 1 aliphatic rings. The molecule has 1 saturated carbocycles. The van der Waals surface area contributed by atoms with E-state index in [0.717, 1.165) is 42.7 Å². The number of aliphatic hydroxyl groups excluding tert-OH is 1. The number of nitrogens with one attached hydrogen (secondary N) is 2. The number of rotatable bonds is 5. The van der Waals surface area contributed by atoms with Crippen molar-refractivity contribution in [1.29, 1.82) is 0 Å². The Kier molecular flexibility index (Phi) is 3.93. The normalized spacial score (nSPS) is 23.8. The second-order valence-electron chi connectivity index (χ2n) is 6.50. The van der Waals surface area contributed by atoms with Gasteiger partial charge in [-0.1, -0.05) is 6.92 Å². The zero-order valence-electron chi connectivity index (χ0n) is 13.7. The SMILES string of the molecule is CCc1c[nH]c2ncnc(N[C@@H]3CC(Cn4cccn4)C[C@H]3O)c12. The Balaban J connectivity index is 1.52. The van der Waals surface area contributed by atoms with Gasteiger partial charge < -0.3 is 15.4 Å². The molecule has 24 heavy (non-hydrogen) atoms. The summed E-state index contributed by atoms with van der Waals surface area (Å²) in [6, 6.07) is 1.93. The molecule has 0 aliphatic heterocycles. The second kappa shape index (κ2) is 6.24. The van der Waals surface area contributed by atoms with Gasteiger partial charge in [-0.3, -0.25) is 4.68 Å². The van der Waals surface area contributed by atoms with Crippen molar-refractivity contribution in [2.24, 2.45) is 5.92 Å². The summed E-state index contributed by atoms with van der Waals surface area (Å²) >= 11 is 0. The molecule has 1 aliphatic carbocycles. The monoisotopic (exact) mass is 326 g/mol. The maximum absolute atomic E-state index is 10.5. The molecule has 0 amide bonds. The molecular formula is C17H22N6O. The van der Waals surface area contributed by atoms with Gasteiger partial charge in [0.1, 0.15) is 17.8 Å². The van der Waals surface area contributed by atoms with Gasteiger partial charge in [-0.2, -0.15) is 5.10 Å². The van der Waals surface area contributed by atoms with Crippen LogP contribution in [0.25, 0.3) is 11.0 Å². The number of nitrogens with zero attached hydrogens (tertiary/aromatic N) is 4. The number of hydrogen-bond acceptors (Lipinski definition) is 5. The zero-order chi connectivity index (χ0) is 16.5. The summed E-state index contributed by atoms with van der Waals surface area (Å²) < 4.78 is 1.93. The van der Waals surface area contributed by atoms with E-state index in [-0.39, 0.29) is 12.1 Å². The molecule has 7 heteroatoms. The fourth-order valence-corrected chi connectivity index (χ4v) is 3.69. The Morgan fingerprint density at radius 1 is 1.38 bits per heavy atom. The topological polar surface area (TPSA) is 91.7 Å². The van der Waals surface area contributed by atoms with Crippen molar-refractivity contribution in [3.8, 4) is 0 Å². The van der Waals surface area contributed by atoms with E-state index in [1.54, 1.807) is 12.5 Å². The molecule has 0 aromatic carbocycles. The molecule has 0 saturated heterocycles. The molecule has 1 unspecified atom stereocenters. The minimum atomic E-state index is -0.375. The lowest BCUT2D eigenvalue weighted by Crippen LogP contribution is -2.28. The highest BCUT2D eigenvalue weighted by Crippen LogP contribution is 2.31. The highest BCUT2D eigenvalue weighted by atomic mass is 16.3. The van der Waals surface area contributed by atoms with Crippen LogP contribution in [0, 0.1) is 5.92 Å². The predicted octanol–water partition coefficient (Wildman–Crippen LogP) is 1.97. The van der Waals surface area contributed by atoms with E-state index in [4.69, 9.17) is 0 Å². The first-order valence-corrected chi connectivity index (χ1v) is 8.47. The van der Waals surface area contributed by atoms with Crippen molar-refractivity contribution in [2.75, 3.05) is 5.32 Å². The minimum Gasteiger partial charge on any atom is -0.391 e. The third-order valence-electron chi connectivity index (χ3n) is 4.89. The number of fused-ring (bicyclic) bond motifs is 1. The van der Waals surface area contributed by atoms with Gasteiger partial charge in [-0.15, -0.1) is 0 Å². The quantitative estimate of drug-likeness (QED) is 0.667. The largest absolute Gasteiger partial charge is 0.391 e. The smallest absolute Gasteiger partial charge is 0.143 e. The highest BCUT2D eigenvalue weighted by molar-refractivity contribution is 5.90. The summed E-state index contributed by atoms with van der Waals surface area (Å²) in [5.74, 6) is 1.22. The molecule has 3 atom stereocenters. The molecule has 4 rings (SSSR count). The van der Waals surface area contributed by atoms with Crippen LogP contribution >= 0.6 is 0 Å². The summed E-state index contributed by atoms with van der Waals surface area (Å²) in [5, 5.41) is 19.2. The lowest BCUT2D eigenvalue weighted by Gasteiger charge is -2.18. The number of aliphatic hydroxyl groups is 1. The zero-order valence-corrected chi connectivity index (χ0v) is 13.7. The van der Waals surface area contributed by atoms with Crippen molar-refractivity contribution in [2.45, 2.75) is 44.9 Å². The first-order valence-electron chi connectivity index (χ1n) is 8.47. The van der Waals surface area contributed by atoms with Gasteiger partial charge in [-0.05, 0) is 36.8 Å². The fraction of sp³-hybridized carbons (Fsp3) is 0.471. The maximum Gasteiger partial charge on any atom is 0.143 e. The minimum absolute atomic E-state index is 0.00303. The average molecular weight is 326 g/mol. The van der Waals surface area contributed by atoms with Gasteiger partial charge in [0.25, 0.3) is 0 Å². The summed E-state index contributed by atoms with van der Waals surface area (Å²) in [4.78, 5) is 11.9. The Morgan fingerprint density at radius 2 is 2.29 bits per heavy atom. The van der Waals surface area contributed by atoms with E-state index in [2.05, 4.69) is 32.3 Å². The average Bonchev–Trinajstić information content (AvgIpc) is 3.29. The molecule has 0 bridgehead atoms. The third kappa shape index (κ3) is 2.75. The van der Waals surface area contributed by atoms with Gasteiger partial charge in [0.2, 0.25) is 0 Å². The number of anilines is 1. The van der Waals surface area contributed by atoms with Gasteiger partial charge in [0.15, 0.2) is 0 Å². The lowest BCUT2D eigenvalue weighted by atomic mass is 10.1. The van der Waals surface area contributed by atoms with Crippen molar-refractivity contribution in [3.05, 3.63) is 36.5 Å². The van der Waals surface area contributed by atoms with Gasteiger partial charge in [0.05, 0.1) is 17.5 Å². The van der Waals surface area contributed by atoms with E-state index in [1.807, 2.05) is 23.1 Å². The molecular weight excluding hydrogens is 304 g/mol. The molecule has 3 aromatic rings. The van der Waals surface area contributed by atoms with Crippen LogP contribution in [0.2, 0.25) is 0 Å². The van der Waals surface area contributed by atoms with Crippen molar-refractivity contribution >= 4 is 16.9 Å². The Hall–Kier alpha value is -2.41. The summed E-state index contributed by atoms with van der Waals surface area (Å²) in [6.45, 7) is 2.95. The summed E-state index contributed by atoms with van der Waals surface area (Å²) in [7, 11) is 0. The van der Waals surface area contributed by atoms with Crippen LogP contribution in [0.4, 0.5) is 5.82 Å². The van der Waals surface area contributed by atoms with E-state index >= 15 is 0 Å². The van der Waals surface area contributed by atoms with Crippen LogP contribution in [-0.2, 0) is 13.0 Å². The Bertz CT molecular complexity index is 812. The number of aromatic nitrogens is 5. The van der Waals surface area contributed by atoms with Gasteiger partial charge >= 0.3 is 0 Å². The second-order valence-corrected chi connectivity index (χ2v) is 6.50. The molecule has 0 spiro atoms. The van der Waals surface area contributed by atoms with Crippen LogP contribution in [0.5, 0.6) is 0 Å². The number of hydrogen-bond donors (Lipinski definition) is 3. The van der Waals surface area contributed by atoms with E-state index in [0.29, 0.717) is 5.92 Å². The molecule has 1 fully saturated rings. The highest BCUT2D eigenvalue weighted by Gasteiger charge is 2.33. The Labute approximate surface area is 140 Å². The lowest BCUT2D eigenvalue weighted by molar-refractivity contribution is 0.166. The van der Waals surface area contributed by atoms with Crippen molar-refractivity contribution < 1.29 is 5.11 Å². The van der Waals surface area contributed by atoms with Crippen LogP contribution < -0.4 is 5.32 Å². The van der Waals surface area contributed by atoms with E-state index in [1.165, 1.54) is 5.56 Å². The molecule has 3 N–H and O–H groups in total. The van der Waals surface area contributed by atoms with E-state index < -0.39 is 0 Å². The molecule has 7 nitrogen and oxygen atoms in total. The van der Waals surface area contributed by atoms with Crippen LogP contribution in [0.15, 0.2) is 31.0 Å².